The highest BCUT2D eigenvalue weighted by molar-refractivity contribution is 5.95. The topological polar surface area (TPSA) is 82.6 Å². The smallest absolute Gasteiger partial charge is 0.150 e. The van der Waals surface area contributed by atoms with Gasteiger partial charge in [-0.25, -0.2) is 8.78 Å². The Morgan fingerprint density at radius 2 is 2.05 bits per heavy atom. The number of morpholine rings is 1. The molecule has 0 bridgehead atoms. The largest absolute Gasteiger partial charge is 0.394 e. The lowest BCUT2D eigenvalue weighted by Gasteiger charge is -2.37. The van der Waals surface area contributed by atoms with Crippen molar-refractivity contribution in [3.63, 3.8) is 0 Å². The van der Waals surface area contributed by atoms with Crippen LogP contribution in [0.25, 0.3) is 0 Å². The number of rotatable bonds is 3. The second-order valence-electron chi connectivity index (χ2n) is 4.86. The molecule has 0 saturated carbocycles. The summed E-state index contributed by atoms with van der Waals surface area (Å²) < 4.78 is 33.6. The maximum Gasteiger partial charge on any atom is 0.150 e. The van der Waals surface area contributed by atoms with Crippen LogP contribution >= 0.6 is 0 Å². The molecule has 1 aliphatic heterocycles. The van der Waals surface area contributed by atoms with Crippen LogP contribution in [-0.2, 0) is 4.74 Å². The molecule has 2 unspecified atom stereocenters. The van der Waals surface area contributed by atoms with Gasteiger partial charge < -0.3 is 20.5 Å². The highest BCUT2D eigenvalue weighted by Gasteiger charge is 2.28. The summed E-state index contributed by atoms with van der Waals surface area (Å²) in [5.74, 6) is -1.94. The van der Waals surface area contributed by atoms with Crippen LogP contribution < -0.4 is 10.6 Å². The molecule has 1 aromatic rings. The molecule has 0 amide bonds. The van der Waals surface area contributed by atoms with Gasteiger partial charge in [-0.3, -0.25) is 5.41 Å². The fourth-order valence-electron chi connectivity index (χ4n) is 2.35. The highest BCUT2D eigenvalue weighted by atomic mass is 19.1. The van der Waals surface area contributed by atoms with E-state index in [0.29, 0.717) is 6.54 Å². The van der Waals surface area contributed by atoms with E-state index in [-0.39, 0.29) is 30.5 Å². The van der Waals surface area contributed by atoms with Crippen molar-refractivity contribution < 1.29 is 18.6 Å². The first kappa shape index (κ1) is 14.7. The van der Waals surface area contributed by atoms with E-state index in [4.69, 9.17) is 21.0 Å². The molecular weight excluding hydrogens is 268 g/mol. The van der Waals surface area contributed by atoms with Crippen LogP contribution in [0.15, 0.2) is 12.1 Å². The van der Waals surface area contributed by atoms with E-state index in [1.165, 1.54) is 4.90 Å². The van der Waals surface area contributed by atoms with Gasteiger partial charge in [0.1, 0.15) is 23.2 Å². The molecule has 0 aromatic heterocycles. The number of anilines is 1. The molecular formula is C13H17F2N3O2. The molecule has 2 atom stereocenters. The Bertz CT molecular complexity index is 501. The van der Waals surface area contributed by atoms with Crippen molar-refractivity contribution >= 4 is 11.5 Å². The van der Waals surface area contributed by atoms with Crippen molar-refractivity contribution in [2.75, 3.05) is 24.6 Å². The molecule has 1 heterocycles. The first-order chi connectivity index (χ1) is 9.42. The first-order valence-electron chi connectivity index (χ1n) is 6.27. The molecule has 2 rings (SSSR count). The van der Waals surface area contributed by atoms with E-state index in [2.05, 4.69) is 0 Å². The fraction of sp³-hybridized carbons (Fsp3) is 0.462. The zero-order chi connectivity index (χ0) is 14.9. The fourth-order valence-corrected chi connectivity index (χ4v) is 2.35. The third kappa shape index (κ3) is 2.88. The maximum atomic E-state index is 14.1. The Balaban J connectivity index is 2.34. The Kier molecular flexibility index (Phi) is 4.20. The Morgan fingerprint density at radius 3 is 2.55 bits per heavy atom. The average molecular weight is 285 g/mol. The average Bonchev–Trinajstić information content (AvgIpc) is 2.37. The lowest BCUT2D eigenvalue weighted by atomic mass is 10.1. The molecule has 7 heteroatoms. The number of nitrogens with zero attached hydrogens (tertiary/aromatic N) is 1. The first-order valence-corrected chi connectivity index (χ1v) is 6.27. The molecule has 0 aliphatic carbocycles. The number of hydrogen-bond acceptors (Lipinski definition) is 4. The summed E-state index contributed by atoms with van der Waals surface area (Å²) in [4.78, 5) is 1.50. The Labute approximate surface area is 115 Å². The number of nitrogens with one attached hydrogen (secondary N) is 1. The molecule has 20 heavy (non-hydrogen) atoms. The zero-order valence-electron chi connectivity index (χ0n) is 11.1. The standard InChI is InChI=1S/C13H17F2N3O2/c1-7-4-18(5-9(6-19)20-7)12-10(14)2-8(13(16)17)3-11(12)15/h2-3,7,9,19H,4-6H2,1H3,(H3,16,17). The van der Waals surface area contributed by atoms with E-state index in [9.17, 15) is 8.78 Å². The minimum atomic E-state index is -0.777. The normalized spacial score (nSPS) is 22.9. The van der Waals surface area contributed by atoms with Gasteiger partial charge in [0.2, 0.25) is 0 Å². The minimum absolute atomic E-state index is 0.00349. The van der Waals surface area contributed by atoms with E-state index < -0.39 is 23.6 Å². The van der Waals surface area contributed by atoms with Crippen molar-refractivity contribution in [1.29, 1.82) is 5.41 Å². The van der Waals surface area contributed by atoms with Crippen LogP contribution in [0, 0.1) is 17.0 Å². The van der Waals surface area contributed by atoms with Gasteiger partial charge >= 0.3 is 0 Å². The maximum absolute atomic E-state index is 14.1. The van der Waals surface area contributed by atoms with Gasteiger partial charge in [-0.2, -0.15) is 0 Å². The second-order valence-corrected chi connectivity index (χ2v) is 4.86. The molecule has 110 valence electrons. The van der Waals surface area contributed by atoms with Gasteiger partial charge in [-0.15, -0.1) is 0 Å². The van der Waals surface area contributed by atoms with E-state index in [1.54, 1.807) is 6.92 Å². The van der Waals surface area contributed by atoms with Gasteiger partial charge in [0, 0.05) is 18.7 Å². The Hall–Kier alpha value is -1.73. The lowest BCUT2D eigenvalue weighted by Crippen LogP contribution is -2.48. The SMILES string of the molecule is CC1CN(c2c(F)cc(C(=N)N)cc2F)CC(CO)O1. The summed E-state index contributed by atoms with van der Waals surface area (Å²) in [5.41, 5.74) is 5.06. The van der Waals surface area contributed by atoms with Crippen molar-refractivity contribution in [3.8, 4) is 0 Å². The monoisotopic (exact) mass is 285 g/mol. The molecule has 1 fully saturated rings. The number of nitrogen functional groups attached to an aromatic ring is 1. The molecule has 1 aromatic carbocycles. The lowest BCUT2D eigenvalue weighted by molar-refractivity contribution is -0.0423. The third-order valence-electron chi connectivity index (χ3n) is 3.17. The summed E-state index contributed by atoms with van der Waals surface area (Å²) in [6.07, 6.45) is -0.725. The molecule has 4 N–H and O–H groups in total. The van der Waals surface area contributed by atoms with Gasteiger partial charge in [-0.05, 0) is 19.1 Å². The highest BCUT2D eigenvalue weighted by Crippen LogP contribution is 2.27. The van der Waals surface area contributed by atoms with E-state index >= 15 is 0 Å². The minimum Gasteiger partial charge on any atom is -0.394 e. The van der Waals surface area contributed by atoms with Crippen molar-refractivity contribution in [2.45, 2.75) is 19.1 Å². The summed E-state index contributed by atoms with van der Waals surface area (Å²) in [6, 6.07) is 2.07. The number of ether oxygens (including phenoxy) is 1. The molecule has 1 aliphatic rings. The number of benzene rings is 1. The molecule has 0 radical (unpaired) electrons. The van der Waals surface area contributed by atoms with Crippen molar-refractivity contribution in [1.82, 2.24) is 0 Å². The van der Waals surface area contributed by atoms with Gasteiger partial charge in [0.05, 0.1) is 18.8 Å². The summed E-state index contributed by atoms with van der Waals surface area (Å²) >= 11 is 0. The quantitative estimate of drug-likeness (QED) is 0.567. The van der Waals surface area contributed by atoms with E-state index in [1.807, 2.05) is 0 Å². The van der Waals surface area contributed by atoms with Crippen LogP contribution in [-0.4, -0.2) is 42.8 Å². The van der Waals surface area contributed by atoms with Crippen LogP contribution in [0.3, 0.4) is 0 Å². The second kappa shape index (κ2) is 5.72. The van der Waals surface area contributed by atoms with Crippen molar-refractivity contribution in [2.24, 2.45) is 5.73 Å². The zero-order valence-corrected chi connectivity index (χ0v) is 11.1. The van der Waals surface area contributed by atoms with Crippen LogP contribution in [0.4, 0.5) is 14.5 Å². The summed E-state index contributed by atoms with van der Waals surface area (Å²) in [5, 5.41) is 16.4. The van der Waals surface area contributed by atoms with Gasteiger partial charge in [-0.1, -0.05) is 0 Å². The number of hydrogen-bond donors (Lipinski definition) is 3. The van der Waals surface area contributed by atoms with Crippen LogP contribution in [0.1, 0.15) is 12.5 Å². The Morgan fingerprint density at radius 1 is 1.45 bits per heavy atom. The number of nitrogens with two attached hydrogens (primary N) is 1. The van der Waals surface area contributed by atoms with Crippen LogP contribution in [0.5, 0.6) is 0 Å². The predicted molar refractivity (Wildman–Crippen MR) is 71.0 cm³/mol. The van der Waals surface area contributed by atoms with Crippen molar-refractivity contribution in [3.05, 3.63) is 29.3 Å². The number of amidine groups is 1. The van der Waals surface area contributed by atoms with Crippen LogP contribution in [0.2, 0.25) is 0 Å². The number of halogens is 2. The molecule has 1 saturated heterocycles. The summed E-state index contributed by atoms with van der Waals surface area (Å²) in [6.45, 7) is 2.09. The van der Waals surface area contributed by atoms with Gasteiger partial charge in [0.15, 0.2) is 0 Å². The molecule has 0 spiro atoms. The van der Waals surface area contributed by atoms with Gasteiger partial charge in [0.25, 0.3) is 0 Å². The molecule has 5 nitrogen and oxygen atoms in total. The summed E-state index contributed by atoms with van der Waals surface area (Å²) in [7, 11) is 0. The predicted octanol–water partition coefficient (Wildman–Crippen LogP) is 0.835. The number of aliphatic hydroxyl groups is 1. The number of aliphatic hydroxyl groups excluding tert-OH is 1. The third-order valence-corrected chi connectivity index (χ3v) is 3.17. The van der Waals surface area contributed by atoms with E-state index in [0.717, 1.165) is 12.1 Å².